The predicted octanol–water partition coefficient (Wildman–Crippen LogP) is 8.11. The molecule has 2 fully saturated rings. The van der Waals surface area contributed by atoms with Gasteiger partial charge >= 0.3 is 12.2 Å². The summed E-state index contributed by atoms with van der Waals surface area (Å²) in [6.45, 7) is 8.85. The van der Waals surface area contributed by atoms with Crippen molar-refractivity contribution in [2.24, 2.45) is 11.8 Å². The van der Waals surface area contributed by atoms with Gasteiger partial charge in [-0.2, -0.15) is 0 Å². The first-order chi connectivity index (χ1) is 30.4. The molecule has 0 aliphatic carbocycles. The Morgan fingerprint density at radius 2 is 1.62 bits per heavy atom. The Labute approximate surface area is 364 Å². The Hall–Kier alpha value is -6.90. The summed E-state index contributed by atoms with van der Waals surface area (Å²) < 4.78 is 16.1. The molecule has 63 heavy (non-hydrogen) atoms. The van der Waals surface area contributed by atoms with Crippen LogP contribution in [0.25, 0.3) is 44.2 Å². The van der Waals surface area contributed by atoms with Crippen LogP contribution in [0.2, 0.25) is 0 Å². The minimum atomic E-state index is -0.915. The lowest BCUT2D eigenvalue weighted by atomic mass is 9.92. The van der Waals surface area contributed by atoms with Gasteiger partial charge in [0.2, 0.25) is 5.91 Å². The van der Waals surface area contributed by atoms with Crippen molar-refractivity contribution in [3.63, 3.8) is 0 Å². The largest absolute Gasteiger partial charge is 0.488 e. The number of hydrogen-bond acceptors (Lipinski definition) is 9. The molecule has 4 aromatic carbocycles. The number of alkyl carbamates (subject to hydrolysis) is 2. The average Bonchev–Trinajstić information content (AvgIpc) is 4.12. The van der Waals surface area contributed by atoms with Gasteiger partial charge < -0.3 is 44.6 Å². The average molecular weight is 853 g/mol. The van der Waals surface area contributed by atoms with Gasteiger partial charge in [0.1, 0.15) is 36.1 Å². The lowest BCUT2D eigenvalue weighted by Crippen LogP contribution is -2.52. The third kappa shape index (κ3) is 7.69. The number of ether oxygens (including phenoxy) is 3. The number of methoxy groups -OCH3 is 2. The molecule has 5 heterocycles. The zero-order valence-corrected chi connectivity index (χ0v) is 36.2. The molecule has 4 N–H and O–H groups in total. The smallest absolute Gasteiger partial charge is 0.407 e. The molecule has 0 radical (unpaired) electrons. The normalized spacial score (nSPS) is 20.2. The summed E-state index contributed by atoms with van der Waals surface area (Å²) in [6, 6.07) is 21.6. The van der Waals surface area contributed by atoms with Crippen LogP contribution in [0.3, 0.4) is 0 Å². The predicted molar refractivity (Wildman–Crippen MR) is 236 cm³/mol. The minimum absolute atomic E-state index is 0.0198. The summed E-state index contributed by atoms with van der Waals surface area (Å²) in [5.74, 6) is 1.86. The molecule has 0 spiro atoms. The van der Waals surface area contributed by atoms with E-state index in [1.807, 2.05) is 73.2 Å². The van der Waals surface area contributed by atoms with Crippen LogP contribution in [0.5, 0.6) is 5.75 Å². The SMILES string of the molecule is COC(=O)NC(C(=O)N1C[C@@H](C)C[C@H]1c1nc2c(ccc3cc4c(cc32)OCc2cc(-c3cnc([C@@H]5CC[C@H](C)N5C(=O)[C@@H](NC(=O)OC)C(C)C)[nH]3)ccc2-4)[nH]1)c1ccccc1. The van der Waals surface area contributed by atoms with Crippen LogP contribution < -0.4 is 15.4 Å². The van der Waals surface area contributed by atoms with Crippen LogP contribution in [0.4, 0.5) is 9.59 Å². The molecule has 6 aromatic rings. The molecule has 6 atom stereocenters. The summed E-state index contributed by atoms with van der Waals surface area (Å²) in [5.41, 5.74) is 7.20. The number of amides is 4. The van der Waals surface area contributed by atoms with Gasteiger partial charge in [-0.3, -0.25) is 9.59 Å². The first-order valence-corrected chi connectivity index (χ1v) is 21.6. The van der Waals surface area contributed by atoms with Gasteiger partial charge in [-0.15, -0.1) is 0 Å². The van der Waals surface area contributed by atoms with E-state index in [2.05, 4.69) is 63.9 Å². The van der Waals surface area contributed by atoms with E-state index in [-0.39, 0.29) is 41.8 Å². The van der Waals surface area contributed by atoms with Crippen LogP contribution in [0.15, 0.2) is 79.0 Å². The fraction of sp³-hybridized carbons (Fsp3) is 0.375. The first kappa shape index (κ1) is 41.5. The van der Waals surface area contributed by atoms with Crippen LogP contribution in [-0.2, 0) is 25.7 Å². The highest BCUT2D eigenvalue weighted by Crippen LogP contribution is 2.44. The van der Waals surface area contributed by atoms with E-state index in [0.29, 0.717) is 36.8 Å². The Morgan fingerprint density at radius 3 is 2.38 bits per heavy atom. The fourth-order valence-corrected chi connectivity index (χ4v) is 9.59. The summed E-state index contributed by atoms with van der Waals surface area (Å²) in [6.07, 6.45) is 2.78. The topological polar surface area (TPSA) is 184 Å². The molecule has 9 rings (SSSR count). The number of imidazole rings is 2. The number of fused-ring (bicyclic) bond motifs is 6. The number of carbonyl (C=O) groups excluding carboxylic acids is 4. The fourth-order valence-electron chi connectivity index (χ4n) is 9.59. The zero-order chi connectivity index (χ0) is 44.1. The summed E-state index contributed by atoms with van der Waals surface area (Å²) in [4.78, 5) is 73.3. The van der Waals surface area contributed by atoms with Crippen molar-refractivity contribution >= 4 is 45.8 Å². The number of H-pyrrole nitrogens is 2. The number of nitrogens with one attached hydrogen (secondary N) is 4. The van der Waals surface area contributed by atoms with Gasteiger partial charge in [-0.05, 0) is 89.9 Å². The molecule has 3 aliphatic heterocycles. The van der Waals surface area contributed by atoms with Gasteiger partial charge in [-0.25, -0.2) is 19.6 Å². The van der Waals surface area contributed by atoms with Crippen LogP contribution >= 0.6 is 0 Å². The molecule has 3 aliphatic rings. The molecule has 15 nitrogen and oxygen atoms in total. The molecular weight excluding hydrogens is 801 g/mol. The number of rotatable bonds is 9. The van der Waals surface area contributed by atoms with E-state index in [4.69, 9.17) is 24.2 Å². The van der Waals surface area contributed by atoms with E-state index in [1.54, 1.807) is 0 Å². The van der Waals surface area contributed by atoms with E-state index in [1.165, 1.54) is 14.2 Å². The highest BCUT2D eigenvalue weighted by atomic mass is 16.5. The Bertz CT molecular complexity index is 2730. The van der Waals surface area contributed by atoms with Gasteiger partial charge in [0.25, 0.3) is 5.91 Å². The third-order valence-electron chi connectivity index (χ3n) is 12.8. The van der Waals surface area contributed by atoms with Crippen LogP contribution in [0, 0.1) is 11.8 Å². The molecule has 326 valence electrons. The molecule has 1 unspecified atom stereocenters. The number of likely N-dealkylation sites (tertiary alicyclic amines) is 2. The highest BCUT2D eigenvalue weighted by molar-refractivity contribution is 6.07. The van der Waals surface area contributed by atoms with Crippen molar-refractivity contribution in [2.75, 3.05) is 20.8 Å². The van der Waals surface area contributed by atoms with E-state index in [9.17, 15) is 19.2 Å². The van der Waals surface area contributed by atoms with E-state index >= 15 is 0 Å². The molecule has 2 saturated heterocycles. The summed E-state index contributed by atoms with van der Waals surface area (Å²) >= 11 is 0. The van der Waals surface area contributed by atoms with Crippen LogP contribution in [0.1, 0.15) is 87.9 Å². The molecule has 0 saturated carbocycles. The Balaban J connectivity index is 0.972. The molecule has 15 heteroatoms. The van der Waals surface area contributed by atoms with Gasteiger partial charge in [-0.1, -0.05) is 69.3 Å². The number of aromatic nitrogens is 4. The molecule has 4 amide bonds. The monoisotopic (exact) mass is 852 g/mol. The number of benzene rings is 4. The maximum absolute atomic E-state index is 14.3. The number of aromatic amines is 2. The van der Waals surface area contributed by atoms with Gasteiger partial charge in [0, 0.05) is 23.5 Å². The van der Waals surface area contributed by atoms with Gasteiger partial charge in [0.15, 0.2) is 0 Å². The van der Waals surface area contributed by atoms with E-state index in [0.717, 1.165) is 68.3 Å². The van der Waals surface area contributed by atoms with Crippen molar-refractivity contribution in [1.29, 1.82) is 0 Å². The second kappa shape index (κ2) is 16.8. The zero-order valence-electron chi connectivity index (χ0n) is 36.2. The highest BCUT2D eigenvalue weighted by Gasteiger charge is 2.42. The molecule has 0 bridgehead atoms. The molecule has 2 aromatic heterocycles. The minimum Gasteiger partial charge on any atom is -0.488 e. The number of hydrogen-bond donors (Lipinski definition) is 4. The second-order valence-electron chi connectivity index (χ2n) is 17.4. The van der Waals surface area contributed by atoms with Crippen molar-refractivity contribution in [3.8, 4) is 28.1 Å². The molecular formula is C48H52N8O7. The Morgan fingerprint density at radius 1 is 0.841 bits per heavy atom. The van der Waals surface area contributed by atoms with Crippen molar-refractivity contribution in [1.82, 2.24) is 40.4 Å². The van der Waals surface area contributed by atoms with Crippen molar-refractivity contribution < 1.29 is 33.4 Å². The lowest BCUT2D eigenvalue weighted by Gasteiger charge is -2.32. The summed E-state index contributed by atoms with van der Waals surface area (Å²) in [5, 5.41) is 7.41. The quantitative estimate of drug-likeness (QED) is 0.112. The van der Waals surface area contributed by atoms with Crippen molar-refractivity contribution in [2.45, 2.75) is 83.8 Å². The third-order valence-corrected chi connectivity index (χ3v) is 12.8. The van der Waals surface area contributed by atoms with Gasteiger partial charge in [0.05, 0.1) is 49.2 Å². The van der Waals surface area contributed by atoms with Crippen molar-refractivity contribution in [3.05, 3.63) is 102 Å². The lowest BCUT2D eigenvalue weighted by molar-refractivity contribution is -0.137. The van der Waals surface area contributed by atoms with Crippen LogP contribution in [-0.4, -0.2) is 86.6 Å². The standard InChI is InChI=1S/C48H52N8O7/c1-25(2)40(53-47(59)61-5)46(58)56-27(4)12-17-37(56)43-49-22-36(51-43)30-13-15-32-31(19-30)24-63-39-21-33-29(20-34(32)39)14-16-35-42(33)52-44(50-35)38-18-26(3)23-55(38)45(57)41(54-48(60)62-6)28-10-8-7-9-11-28/h7-11,13-16,19-22,25-27,37-38,40-41H,12,17-18,23-24H2,1-6H3,(H,49,51)(H,50,52)(H,53,59)(H,54,60)/t26-,27-,37-,38-,40-,41?/m0/s1. The second-order valence-corrected chi connectivity index (χ2v) is 17.4. The number of carbonyl (C=O) groups is 4. The number of nitrogens with zero attached hydrogens (tertiary/aromatic N) is 4. The Kier molecular flexibility index (Phi) is 11.0. The maximum atomic E-state index is 14.3. The maximum Gasteiger partial charge on any atom is 0.407 e. The van der Waals surface area contributed by atoms with E-state index < -0.39 is 24.3 Å². The summed E-state index contributed by atoms with van der Waals surface area (Å²) in [7, 11) is 2.58. The first-order valence-electron chi connectivity index (χ1n) is 21.6.